The molecule has 0 spiro atoms. The SMILES string of the molecule is O=C(O)CCNS(=O)(=O)c1ccc(OC(=O)c2ccccc2)cc1. The Morgan fingerprint density at radius 1 is 1.00 bits per heavy atom. The number of esters is 1. The molecule has 0 saturated heterocycles. The van der Waals surface area contributed by atoms with Crippen molar-refractivity contribution in [3.8, 4) is 5.75 Å². The number of carbonyl (C=O) groups excluding carboxylic acids is 1. The lowest BCUT2D eigenvalue weighted by atomic mass is 10.2. The smallest absolute Gasteiger partial charge is 0.343 e. The van der Waals surface area contributed by atoms with Crippen LogP contribution in [0.15, 0.2) is 59.5 Å². The predicted molar refractivity (Wildman–Crippen MR) is 85.3 cm³/mol. The van der Waals surface area contributed by atoms with Gasteiger partial charge in [-0.2, -0.15) is 0 Å². The first-order valence-corrected chi connectivity index (χ1v) is 8.45. The molecule has 0 fully saturated rings. The quantitative estimate of drug-likeness (QED) is 0.581. The van der Waals surface area contributed by atoms with Crippen molar-refractivity contribution in [3.05, 3.63) is 60.2 Å². The summed E-state index contributed by atoms with van der Waals surface area (Å²) >= 11 is 0. The Labute approximate surface area is 138 Å². The van der Waals surface area contributed by atoms with Gasteiger partial charge in [0.15, 0.2) is 0 Å². The van der Waals surface area contributed by atoms with Gasteiger partial charge in [-0.15, -0.1) is 0 Å². The molecule has 0 saturated carbocycles. The zero-order valence-corrected chi connectivity index (χ0v) is 13.3. The fourth-order valence-electron chi connectivity index (χ4n) is 1.80. The van der Waals surface area contributed by atoms with E-state index in [0.717, 1.165) is 0 Å². The predicted octanol–water partition coefficient (Wildman–Crippen LogP) is 1.66. The molecular weight excluding hydrogens is 334 g/mol. The van der Waals surface area contributed by atoms with E-state index in [-0.39, 0.29) is 23.6 Å². The molecule has 0 aliphatic rings. The lowest BCUT2D eigenvalue weighted by molar-refractivity contribution is -0.136. The molecule has 0 aromatic heterocycles. The molecule has 0 heterocycles. The summed E-state index contributed by atoms with van der Waals surface area (Å²) in [7, 11) is -3.81. The standard InChI is InChI=1S/C16H15NO6S/c18-15(19)10-11-17-24(21,22)14-8-6-13(7-9-14)23-16(20)12-4-2-1-3-5-12/h1-9,17H,10-11H2,(H,18,19). The number of benzene rings is 2. The number of ether oxygens (including phenoxy) is 1. The summed E-state index contributed by atoms with van der Waals surface area (Å²) in [4.78, 5) is 22.2. The minimum Gasteiger partial charge on any atom is -0.481 e. The van der Waals surface area contributed by atoms with E-state index >= 15 is 0 Å². The van der Waals surface area contributed by atoms with Crippen molar-refractivity contribution in [1.29, 1.82) is 0 Å². The maximum Gasteiger partial charge on any atom is 0.343 e. The fourth-order valence-corrected chi connectivity index (χ4v) is 2.83. The van der Waals surface area contributed by atoms with E-state index in [9.17, 15) is 18.0 Å². The highest BCUT2D eigenvalue weighted by Gasteiger charge is 2.15. The molecule has 2 aromatic rings. The Morgan fingerprint density at radius 3 is 2.21 bits per heavy atom. The molecule has 0 atom stereocenters. The Kier molecular flexibility index (Phi) is 5.67. The summed E-state index contributed by atoms with van der Waals surface area (Å²) in [6.45, 7) is -0.206. The van der Waals surface area contributed by atoms with Crippen LogP contribution in [0.2, 0.25) is 0 Å². The second kappa shape index (κ2) is 7.71. The first-order chi connectivity index (χ1) is 11.4. The third-order valence-electron chi connectivity index (χ3n) is 2.99. The summed E-state index contributed by atoms with van der Waals surface area (Å²) in [5.74, 6) is -1.44. The third kappa shape index (κ3) is 4.90. The summed E-state index contributed by atoms with van der Waals surface area (Å²) in [6, 6.07) is 13.6. The minimum absolute atomic E-state index is 0.0487. The van der Waals surface area contributed by atoms with Crippen molar-refractivity contribution in [3.63, 3.8) is 0 Å². The Hall–Kier alpha value is -2.71. The number of carboxylic acids is 1. The summed E-state index contributed by atoms with van der Waals surface area (Å²) in [6.07, 6.45) is -0.313. The lowest BCUT2D eigenvalue weighted by Crippen LogP contribution is -2.26. The van der Waals surface area contributed by atoms with Crippen LogP contribution in [0, 0.1) is 0 Å². The molecule has 0 amide bonds. The van der Waals surface area contributed by atoms with Crippen molar-refractivity contribution in [2.45, 2.75) is 11.3 Å². The van der Waals surface area contributed by atoms with Crippen LogP contribution in [0.3, 0.4) is 0 Å². The first-order valence-electron chi connectivity index (χ1n) is 6.97. The molecule has 0 aliphatic heterocycles. The van der Waals surface area contributed by atoms with Crippen molar-refractivity contribution < 1.29 is 27.9 Å². The second-order valence-electron chi connectivity index (χ2n) is 4.77. The first kappa shape index (κ1) is 17.6. The molecule has 0 bridgehead atoms. The molecule has 0 radical (unpaired) electrons. The van der Waals surface area contributed by atoms with Gasteiger partial charge in [0.2, 0.25) is 10.0 Å². The summed E-state index contributed by atoms with van der Waals surface area (Å²) in [5, 5.41) is 8.51. The molecule has 0 aliphatic carbocycles. The van der Waals surface area contributed by atoms with Gasteiger partial charge in [0.05, 0.1) is 16.9 Å². The van der Waals surface area contributed by atoms with Gasteiger partial charge in [0, 0.05) is 6.54 Å². The molecule has 2 rings (SSSR count). The minimum atomic E-state index is -3.81. The Bertz CT molecular complexity index is 815. The molecule has 24 heavy (non-hydrogen) atoms. The molecule has 126 valence electrons. The highest BCUT2D eigenvalue weighted by atomic mass is 32.2. The Morgan fingerprint density at radius 2 is 1.62 bits per heavy atom. The van der Waals surface area contributed by atoms with Crippen LogP contribution in [0.5, 0.6) is 5.75 Å². The normalized spacial score (nSPS) is 11.0. The van der Waals surface area contributed by atoms with Gasteiger partial charge in [-0.25, -0.2) is 17.9 Å². The topological polar surface area (TPSA) is 110 Å². The van der Waals surface area contributed by atoms with Crippen LogP contribution in [0.4, 0.5) is 0 Å². The molecule has 7 nitrogen and oxygen atoms in total. The second-order valence-corrected chi connectivity index (χ2v) is 6.54. The zero-order chi connectivity index (χ0) is 17.6. The number of aliphatic carboxylic acids is 1. The molecule has 2 aromatic carbocycles. The zero-order valence-electron chi connectivity index (χ0n) is 12.5. The van der Waals surface area contributed by atoms with E-state index in [1.807, 2.05) is 0 Å². The molecule has 0 unspecified atom stereocenters. The third-order valence-corrected chi connectivity index (χ3v) is 4.46. The van der Waals surface area contributed by atoms with Gasteiger partial charge < -0.3 is 9.84 Å². The Balaban J connectivity index is 2.02. The average molecular weight is 349 g/mol. The number of carbonyl (C=O) groups is 2. The van der Waals surface area contributed by atoms with Crippen LogP contribution in [0.25, 0.3) is 0 Å². The number of hydrogen-bond donors (Lipinski definition) is 2. The van der Waals surface area contributed by atoms with E-state index in [0.29, 0.717) is 5.56 Å². The summed E-state index contributed by atoms with van der Waals surface area (Å²) in [5.41, 5.74) is 0.379. The van der Waals surface area contributed by atoms with E-state index in [1.165, 1.54) is 24.3 Å². The maximum atomic E-state index is 12.0. The van der Waals surface area contributed by atoms with Gasteiger partial charge >= 0.3 is 11.9 Å². The maximum absolute atomic E-state index is 12.0. The lowest BCUT2D eigenvalue weighted by Gasteiger charge is -2.07. The van der Waals surface area contributed by atoms with E-state index in [4.69, 9.17) is 9.84 Å². The van der Waals surface area contributed by atoms with Crippen molar-refractivity contribution in [1.82, 2.24) is 4.72 Å². The van der Waals surface area contributed by atoms with Gasteiger partial charge in [-0.3, -0.25) is 4.79 Å². The van der Waals surface area contributed by atoms with Gasteiger partial charge in [0.25, 0.3) is 0 Å². The molecule has 2 N–H and O–H groups in total. The molecule has 8 heteroatoms. The van der Waals surface area contributed by atoms with Crippen LogP contribution in [-0.4, -0.2) is 32.0 Å². The van der Waals surface area contributed by atoms with Gasteiger partial charge in [-0.1, -0.05) is 18.2 Å². The number of nitrogens with one attached hydrogen (secondary N) is 1. The molecular formula is C16H15NO6S. The van der Waals surface area contributed by atoms with Crippen molar-refractivity contribution >= 4 is 22.0 Å². The van der Waals surface area contributed by atoms with E-state index < -0.39 is 22.0 Å². The van der Waals surface area contributed by atoms with E-state index in [1.54, 1.807) is 30.3 Å². The van der Waals surface area contributed by atoms with Crippen molar-refractivity contribution in [2.24, 2.45) is 0 Å². The number of sulfonamides is 1. The number of hydrogen-bond acceptors (Lipinski definition) is 5. The average Bonchev–Trinajstić information content (AvgIpc) is 2.55. The number of carboxylic acid groups (broad SMARTS) is 1. The van der Waals surface area contributed by atoms with E-state index in [2.05, 4.69) is 4.72 Å². The fraction of sp³-hybridized carbons (Fsp3) is 0.125. The van der Waals surface area contributed by atoms with Gasteiger partial charge in [0.1, 0.15) is 5.75 Å². The summed E-state index contributed by atoms with van der Waals surface area (Å²) < 4.78 is 31.2. The monoisotopic (exact) mass is 349 g/mol. The highest BCUT2D eigenvalue weighted by molar-refractivity contribution is 7.89. The highest BCUT2D eigenvalue weighted by Crippen LogP contribution is 2.17. The van der Waals surface area contributed by atoms with Crippen LogP contribution >= 0.6 is 0 Å². The van der Waals surface area contributed by atoms with Gasteiger partial charge in [-0.05, 0) is 36.4 Å². The largest absolute Gasteiger partial charge is 0.481 e. The van der Waals surface area contributed by atoms with Crippen LogP contribution in [-0.2, 0) is 14.8 Å². The number of rotatable bonds is 7. The van der Waals surface area contributed by atoms with Crippen LogP contribution in [0.1, 0.15) is 16.8 Å². The van der Waals surface area contributed by atoms with Crippen LogP contribution < -0.4 is 9.46 Å². The van der Waals surface area contributed by atoms with Crippen molar-refractivity contribution in [2.75, 3.05) is 6.54 Å².